The number of alkyl halides is 2. The van der Waals surface area contributed by atoms with E-state index in [-0.39, 0.29) is 3.57 Å². The Morgan fingerprint density at radius 2 is 1.92 bits per heavy atom. The van der Waals surface area contributed by atoms with E-state index in [9.17, 15) is 13.2 Å². The fourth-order valence-electron chi connectivity index (χ4n) is 0.743. The van der Waals surface area contributed by atoms with Crippen molar-refractivity contribution < 1.29 is 13.2 Å². The van der Waals surface area contributed by atoms with E-state index in [0.29, 0.717) is 4.47 Å². The molecule has 0 spiro atoms. The van der Waals surface area contributed by atoms with Crippen LogP contribution < -0.4 is 0 Å². The van der Waals surface area contributed by atoms with Crippen molar-refractivity contribution >= 4 is 38.5 Å². The lowest BCUT2D eigenvalue weighted by Crippen LogP contribution is -1.95. The molecule has 0 aromatic heterocycles. The van der Waals surface area contributed by atoms with E-state index < -0.39 is 17.8 Å². The first-order valence-corrected chi connectivity index (χ1v) is 4.82. The molecule has 12 heavy (non-hydrogen) atoms. The quantitative estimate of drug-likeness (QED) is 0.527. The van der Waals surface area contributed by atoms with E-state index in [1.807, 2.05) is 0 Å². The molecule has 0 unspecified atom stereocenters. The van der Waals surface area contributed by atoms with Gasteiger partial charge in [0.1, 0.15) is 5.82 Å². The van der Waals surface area contributed by atoms with Crippen molar-refractivity contribution in [3.8, 4) is 0 Å². The lowest BCUT2D eigenvalue weighted by atomic mass is 10.2. The third kappa shape index (κ3) is 1.93. The molecule has 1 aromatic carbocycles. The van der Waals surface area contributed by atoms with Crippen molar-refractivity contribution in [1.29, 1.82) is 0 Å². The zero-order chi connectivity index (χ0) is 9.30. The first-order valence-electron chi connectivity index (χ1n) is 2.95. The summed E-state index contributed by atoms with van der Waals surface area (Å²) in [6.45, 7) is 0. The molecular formula is C7H3BrF3I. The minimum Gasteiger partial charge on any atom is -0.206 e. The minimum absolute atomic E-state index is 0.225. The smallest absolute Gasteiger partial charge is 0.206 e. The summed E-state index contributed by atoms with van der Waals surface area (Å²) in [6, 6.07) is 2.43. The summed E-state index contributed by atoms with van der Waals surface area (Å²) in [5.41, 5.74) is -0.537. The zero-order valence-electron chi connectivity index (χ0n) is 5.62. The van der Waals surface area contributed by atoms with Gasteiger partial charge in [-0.25, -0.2) is 13.2 Å². The molecule has 0 aliphatic carbocycles. The van der Waals surface area contributed by atoms with E-state index >= 15 is 0 Å². The Balaban J connectivity index is 3.33. The molecule has 5 heteroatoms. The molecule has 1 rings (SSSR count). The average molecular weight is 351 g/mol. The average Bonchev–Trinajstić information content (AvgIpc) is 1.97. The Labute approximate surface area is 89.4 Å². The van der Waals surface area contributed by atoms with Crippen molar-refractivity contribution in [2.75, 3.05) is 0 Å². The summed E-state index contributed by atoms with van der Waals surface area (Å²) in [4.78, 5) is 0. The van der Waals surface area contributed by atoms with Gasteiger partial charge in [0.2, 0.25) is 0 Å². The number of halogens is 5. The van der Waals surface area contributed by atoms with Crippen LogP contribution in [0, 0.1) is 9.39 Å². The Morgan fingerprint density at radius 1 is 1.33 bits per heavy atom. The van der Waals surface area contributed by atoms with Crippen LogP contribution in [0.2, 0.25) is 0 Å². The molecule has 0 aliphatic rings. The molecular weight excluding hydrogens is 348 g/mol. The summed E-state index contributed by atoms with van der Waals surface area (Å²) >= 11 is 4.72. The number of rotatable bonds is 1. The highest BCUT2D eigenvalue weighted by Crippen LogP contribution is 2.31. The zero-order valence-corrected chi connectivity index (χ0v) is 9.37. The fourth-order valence-corrected chi connectivity index (χ4v) is 1.76. The molecule has 66 valence electrons. The van der Waals surface area contributed by atoms with Crippen LogP contribution in [0.4, 0.5) is 13.2 Å². The van der Waals surface area contributed by atoms with E-state index in [2.05, 4.69) is 15.9 Å². The van der Waals surface area contributed by atoms with Gasteiger partial charge in [-0.15, -0.1) is 0 Å². The second-order valence-electron chi connectivity index (χ2n) is 2.06. The largest absolute Gasteiger partial charge is 0.267 e. The summed E-state index contributed by atoms with van der Waals surface area (Å²) in [6.07, 6.45) is -2.77. The summed E-state index contributed by atoms with van der Waals surface area (Å²) in [5.74, 6) is -0.863. The van der Waals surface area contributed by atoms with Crippen LogP contribution in [-0.4, -0.2) is 0 Å². The molecule has 0 fully saturated rings. The first-order chi connectivity index (χ1) is 5.54. The highest BCUT2D eigenvalue weighted by Gasteiger charge is 2.18. The van der Waals surface area contributed by atoms with Gasteiger partial charge in [0.15, 0.2) is 0 Å². The van der Waals surface area contributed by atoms with E-state index in [1.54, 1.807) is 22.6 Å². The molecule has 1 aromatic rings. The molecule has 0 bridgehead atoms. The fraction of sp³-hybridized carbons (Fsp3) is 0.143. The van der Waals surface area contributed by atoms with Gasteiger partial charge in [0, 0.05) is 8.04 Å². The van der Waals surface area contributed by atoms with E-state index in [1.165, 1.54) is 6.07 Å². The SMILES string of the molecule is Fc1ccc(Br)c(I)c1C(F)F. The lowest BCUT2D eigenvalue weighted by Gasteiger charge is -2.05. The third-order valence-electron chi connectivity index (χ3n) is 1.30. The monoisotopic (exact) mass is 350 g/mol. The molecule has 0 aliphatic heterocycles. The van der Waals surface area contributed by atoms with Gasteiger partial charge < -0.3 is 0 Å². The maximum atomic E-state index is 12.8. The van der Waals surface area contributed by atoms with Crippen molar-refractivity contribution in [1.82, 2.24) is 0 Å². The summed E-state index contributed by atoms with van der Waals surface area (Å²) in [5, 5.41) is 0. The van der Waals surface area contributed by atoms with Gasteiger partial charge in [0.25, 0.3) is 6.43 Å². The van der Waals surface area contributed by atoms with Crippen LogP contribution >= 0.6 is 38.5 Å². The Bertz CT molecular complexity index is 301. The van der Waals surface area contributed by atoms with Gasteiger partial charge in [-0.2, -0.15) is 0 Å². The second-order valence-corrected chi connectivity index (χ2v) is 3.99. The number of hydrogen-bond acceptors (Lipinski definition) is 0. The Kier molecular flexibility index (Phi) is 3.39. The normalized spacial score (nSPS) is 10.8. The van der Waals surface area contributed by atoms with Gasteiger partial charge >= 0.3 is 0 Å². The van der Waals surface area contributed by atoms with E-state index in [0.717, 1.165) is 6.07 Å². The third-order valence-corrected chi connectivity index (χ3v) is 3.86. The second kappa shape index (κ2) is 3.95. The van der Waals surface area contributed by atoms with Crippen LogP contribution in [0.5, 0.6) is 0 Å². The minimum atomic E-state index is -2.77. The molecule has 0 atom stereocenters. The van der Waals surface area contributed by atoms with Crippen molar-refractivity contribution in [2.45, 2.75) is 6.43 Å². The highest BCUT2D eigenvalue weighted by molar-refractivity contribution is 14.1. The van der Waals surface area contributed by atoms with Crippen molar-refractivity contribution in [3.05, 3.63) is 31.6 Å². The van der Waals surface area contributed by atoms with Gasteiger partial charge in [0.05, 0.1) is 5.56 Å². The standard InChI is InChI=1S/C7H3BrF3I/c8-3-1-2-4(9)5(6(3)12)7(10)11/h1-2,7H. The molecule has 0 radical (unpaired) electrons. The molecule has 0 saturated heterocycles. The first kappa shape index (κ1) is 10.3. The Morgan fingerprint density at radius 3 is 2.33 bits per heavy atom. The molecule has 0 N–H and O–H groups in total. The van der Waals surface area contributed by atoms with Gasteiger partial charge in [-0.1, -0.05) is 0 Å². The topological polar surface area (TPSA) is 0 Å². The van der Waals surface area contributed by atoms with Crippen molar-refractivity contribution in [2.24, 2.45) is 0 Å². The van der Waals surface area contributed by atoms with E-state index in [4.69, 9.17) is 0 Å². The van der Waals surface area contributed by atoms with Gasteiger partial charge in [-0.3, -0.25) is 0 Å². The summed E-state index contributed by atoms with van der Waals surface area (Å²) < 4.78 is 37.9. The maximum absolute atomic E-state index is 12.8. The van der Waals surface area contributed by atoms with Crippen molar-refractivity contribution in [3.63, 3.8) is 0 Å². The molecule has 0 nitrogen and oxygen atoms in total. The maximum Gasteiger partial charge on any atom is 0.267 e. The molecule has 0 amide bonds. The van der Waals surface area contributed by atoms with Crippen LogP contribution in [0.15, 0.2) is 16.6 Å². The van der Waals surface area contributed by atoms with Crippen LogP contribution in [-0.2, 0) is 0 Å². The summed E-state index contributed by atoms with van der Waals surface area (Å²) in [7, 11) is 0. The van der Waals surface area contributed by atoms with Crippen LogP contribution in [0.25, 0.3) is 0 Å². The highest BCUT2D eigenvalue weighted by atomic mass is 127. The predicted molar refractivity (Wildman–Crippen MR) is 51.8 cm³/mol. The molecule has 0 heterocycles. The van der Waals surface area contributed by atoms with Crippen LogP contribution in [0.3, 0.4) is 0 Å². The predicted octanol–water partition coefficient (Wildman–Crippen LogP) is 4.13. The number of benzene rings is 1. The Hall–Kier alpha value is 0.220. The van der Waals surface area contributed by atoms with Crippen LogP contribution in [0.1, 0.15) is 12.0 Å². The number of hydrogen-bond donors (Lipinski definition) is 0. The van der Waals surface area contributed by atoms with Gasteiger partial charge in [-0.05, 0) is 50.7 Å². The lowest BCUT2D eigenvalue weighted by molar-refractivity contribution is 0.145. The molecule has 0 saturated carbocycles.